The Hall–Kier alpha value is -4.11. The van der Waals surface area contributed by atoms with Gasteiger partial charge in [-0.1, -0.05) is 50.6 Å². The highest BCUT2D eigenvalue weighted by molar-refractivity contribution is 7.91. The van der Waals surface area contributed by atoms with Crippen LogP contribution in [0, 0.1) is 17.8 Å². The van der Waals surface area contributed by atoms with Crippen molar-refractivity contribution in [1.29, 1.82) is 0 Å². The number of benzene rings is 1. The van der Waals surface area contributed by atoms with E-state index in [9.17, 15) is 32.7 Å². The number of fused-ring (bicyclic) bond motifs is 3. The second-order valence-corrected chi connectivity index (χ2v) is 17.0. The van der Waals surface area contributed by atoms with Crippen molar-refractivity contribution in [2.45, 2.75) is 101 Å². The third-order valence-corrected chi connectivity index (χ3v) is 12.5. The second kappa shape index (κ2) is 15.1. The molecule has 0 spiro atoms. The van der Waals surface area contributed by atoms with E-state index in [-0.39, 0.29) is 37.1 Å². The molecule has 2 saturated carbocycles. The van der Waals surface area contributed by atoms with Crippen LogP contribution in [0.15, 0.2) is 36.4 Å². The molecule has 2 aliphatic heterocycles. The summed E-state index contributed by atoms with van der Waals surface area (Å²) in [5, 5.41) is 16.0. The van der Waals surface area contributed by atoms with Crippen molar-refractivity contribution in [2.24, 2.45) is 17.8 Å². The molecule has 14 nitrogen and oxygen atoms in total. The minimum atomic E-state index is -3.91. The van der Waals surface area contributed by atoms with Gasteiger partial charge in [-0.25, -0.2) is 13.2 Å². The Bertz CT molecular complexity index is 1870. The highest BCUT2D eigenvalue weighted by Gasteiger charge is 2.62. The van der Waals surface area contributed by atoms with Crippen molar-refractivity contribution in [3.8, 4) is 11.8 Å². The molecular weight excluding hydrogens is 714 g/mol. The van der Waals surface area contributed by atoms with Gasteiger partial charge >= 0.3 is 6.09 Å². The zero-order chi connectivity index (χ0) is 37.4. The summed E-state index contributed by atoms with van der Waals surface area (Å²) in [5.41, 5.74) is -1.54. The van der Waals surface area contributed by atoms with Crippen LogP contribution in [-0.4, -0.2) is 89.4 Å². The summed E-state index contributed by atoms with van der Waals surface area (Å²) >= 11 is 6.54. The standard InChI is InChI=1S/C36H46ClN5O9S/c1-4-14-50-29-17-26-25(10-7-11-27(26)37)32(38-29)51-23-16-28-31(43)40-36(34(45)41-52(48,49)24-12-13-24)18-22(36)9-6-5-8-20(2)15-21(3)30(39-35(46)47)33(44)42(28)19-23/h6-7,9-11,17,20-24,28,30,39H,4-5,8,12-16,18-19H2,1-3H3,(H,40,43)(H,41,45)(H,46,47)/b9-6-/t20-,21+,22?,23+,28-,30-,36?/m0/s1. The van der Waals surface area contributed by atoms with E-state index < -0.39 is 74.7 Å². The predicted octanol–water partition coefficient (Wildman–Crippen LogP) is 4.16. The second-order valence-electron chi connectivity index (χ2n) is 14.6. The van der Waals surface area contributed by atoms with E-state index in [1.807, 2.05) is 26.0 Å². The quantitative estimate of drug-likeness (QED) is 0.270. The molecule has 2 aromatic rings. The number of hydrogen-bond donors (Lipinski definition) is 4. The maximum absolute atomic E-state index is 14.4. The topological polar surface area (TPSA) is 193 Å². The molecule has 0 bridgehead atoms. The molecule has 7 atom stereocenters. The van der Waals surface area contributed by atoms with Gasteiger partial charge in [-0.3, -0.25) is 19.1 Å². The Morgan fingerprint density at radius 2 is 1.92 bits per heavy atom. The lowest BCUT2D eigenvalue weighted by Crippen LogP contribution is -2.59. The molecule has 6 rings (SSSR count). The lowest BCUT2D eigenvalue weighted by Gasteiger charge is -2.32. The number of nitrogens with one attached hydrogen (secondary N) is 3. The zero-order valence-corrected chi connectivity index (χ0v) is 31.0. The Morgan fingerprint density at radius 1 is 1.15 bits per heavy atom. The number of sulfonamides is 1. The molecule has 52 heavy (non-hydrogen) atoms. The molecular formula is C36H46ClN5O9S. The highest BCUT2D eigenvalue weighted by Crippen LogP contribution is 2.46. The summed E-state index contributed by atoms with van der Waals surface area (Å²) in [7, 11) is -3.91. The fourth-order valence-electron chi connectivity index (χ4n) is 7.35. The molecule has 4 amide bonds. The van der Waals surface area contributed by atoms with Crippen molar-refractivity contribution >= 4 is 56.2 Å². The minimum Gasteiger partial charge on any atom is -0.478 e. The Balaban J connectivity index is 1.35. The van der Waals surface area contributed by atoms with Gasteiger partial charge in [-0.15, -0.1) is 0 Å². The average Bonchev–Trinajstić information content (AvgIpc) is 4.01. The van der Waals surface area contributed by atoms with Crippen LogP contribution in [0.1, 0.15) is 72.1 Å². The van der Waals surface area contributed by atoms with Crippen LogP contribution in [0.3, 0.4) is 0 Å². The Labute approximate surface area is 308 Å². The number of nitrogens with zero attached hydrogens (tertiary/aromatic N) is 2. The smallest absolute Gasteiger partial charge is 0.405 e. The molecule has 1 aromatic heterocycles. The fourth-order valence-corrected chi connectivity index (χ4v) is 8.94. The highest BCUT2D eigenvalue weighted by atomic mass is 35.5. The Morgan fingerprint density at radius 3 is 2.63 bits per heavy atom. The summed E-state index contributed by atoms with van der Waals surface area (Å²) in [4.78, 5) is 60.3. The van der Waals surface area contributed by atoms with Gasteiger partial charge in [-0.05, 0) is 68.9 Å². The number of carbonyl (C=O) groups excluding carboxylic acids is 3. The minimum absolute atomic E-state index is 0.0233. The lowest BCUT2D eigenvalue weighted by molar-refractivity contribution is -0.142. The number of halogens is 1. The van der Waals surface area contributed by atoms with Crippen molar-refractivity contribution in [1.82, 2.24) is 25.2 Å². The molecule has 2 unspecified atom stereocenters. The van der Waals surface area contributed by atoms with Gasteiger partial charge in [0.05, 0.1) is 18.4 Å². The summed E-state index contributed by atoms with van der Waals surface area (Å²) in [6.45, 7) is 6.09. The molecule has 4 aliphatic rings. The van der Waals surface area contributed by atoms with Gasteiger partial charge in [-0.2, -0.15) is 4.98 Å². The first kappa shape index (κ1) is 37.6. The summed E-state index contributed by atoms with van der Waals surface area (Å²) < 4.78 is 40.1. The molecule has 282 valence electrons. The summed E-state index contributed by atoms with van der Waals surface area (Å²) in [6.07, 6.45) is 5.32. The van der Waals surface area contributed by atoms with E-state index in [1.54, 1.807) is 31.2 Å². The van der Waals surface area contributed by atoms with Crippen LogP contribution in [-0.2, 0) is 24.4 Å². The number of carboxylic acid groups (broad SMARTS) is 1. The van der Waals surface area contributed by atoms with Crippen LogP contribution < -0.4 is 24.8 Å². The summed E-state index contributed by atoms with van der Waals surface area (Å²) in [6, 6.07) is 4.62. The van der Waals surface area contributed by atoms with Crippen molar-refractivity contribution in [3.05, 3.63) is 41.4 Å². The molecule has 0 radical (unpaired) electrons. The van der Waals surface area contributed by atoms with E-state index in [1.165, 1.54) is 4.90 Å². The monoisotopic (exact) mass is 759 g/mol. The van der Waals surface area contributed by atoms with Gasteiger partial charge in [0.25, 0.3) is 5.91 Å². The van der Waals surface area contributed by atoms with E-state index in [0.717, 1.165) is 12.8 Å². The number of allylic oxidation sites excluding steroid dienone is 1. The number of hydrogen-bond acceptors (Lipinski definition) is 9. The van der Waals surface area contributed by atoms with Crippen LogP contribution in [0.5, 0.6) is 11.8 Å². The number of aromatic nitrogens is 1. The van der Waals surface area contributed by atoms with Crippen LogP contribution >= 0.6 is 11.6 Å². The van der Waals surface area contributed by atoms with Crippen molar-refractivity contribution in [3.63, 3.8) is 0 Å². The van der Waals surface area contributed by atoms with Crippen molar-refractivity contribution < 1.29 is 42.2 Å². The van der Waals surface area contributed by atoms with E-state index in [2.05, 4.69) is 20.3 Å². The number of pyridine rings is 1. The molecule has 1 aromatic carbocycles. The zero-order valence-electron chi connectivity index (χ0n) is 29.5. The number of amides is 4. The largest absolute Gasteiger partial charge is 0.478 e. The van der Waals surface area contributed by atoms with E-state index >= 15 is 0 Å². The normalized spacial score (nSPS) is 30.2. The van der Waals surface area contributed by atoms with Gasteiger partial charge in [0.2, 0.25) is 33.6 Å². The van der Waals surface area contributed by atoms with Gasteiger partial charge in [0, 0.05) is 34.2 Å². The van der Waals surface area contributed by atoms with Crippen LogP contribution in [0.2, 0.25) is 5.02 Å². The van der Waals surface area contributed by atoms with Gasteiger partial charge in [0.1, 0.15) is 23.7 Å². The molecule has 2 aliphatic carbocycles. The first-order chi connectivity index (χ1) is 24.7. The fraction of sp³-hybridized carbons (Fsp3) is 0.583. The SMILES string of the molecule is CCCOc1cc2c(Cl)cccc2c(O[C@@H]2C[C@H]3C(=O)NC4(C(=O)NS(=O)(=O)C5CC5)CC4/C=C\CC[C@H](C)C[C@@H](C)[C@H](NC(=O)O)C(=O)N3C2)n1. The first-order valence-electron chi connectivity index (χ1n) is 18.0. The average molecular weight is 760 g/mol. The first-order valence-corrected chi connectivity index (χ1v) is 19.9. The summed E-state index contributed by atoms with van der Waals surface area (Å²) in [5.74, 6) is -2.41. The third kappa shape index (κ3) is 8.09. The molecule has 4 N–H and O–H groups in total. The van der Waals surface area contributed by atoms with Crippen LogP contribution in [0.4, 0.5) is 4.79 Å². The third-order valence-electron chi connectivity index (χ3n) is 10.4. The number of rotatable bonds is 9. The molecule has 3 fully saturated rings. The van der Waals surface area contributed by atoms with Crippen molar-refractivity contribution in [2.75, 3.05) is 13.2 Å². The van der Waals surface area contributed by atoms with E-state index in [4.69, 9.17) is 21.1 Å². The lowest BCUT2D eigenvalue weighted by atomic mass is 9.88. The maximum atomic E-state index is 14.4. The molecule has 16 heteroatoms. The number of ether oxygens (including phenoxy) is 2. The van der Waals surface area contributed by atoms with E-state index in [0.29, 0.717) is 48.1 Å². The van der Waals surface area contributed by atoms with Gasteiger partial charge < -0.3 is 30.1 Å². The molecule has 1 saturated heterocycles. The van der Waals surface area contributed by atoms with Crippen LogP contribution in [0.25, 0.3) is 10.8 Å². The predicted molar refractivity (Wildman–Crippen MR) is 192 cm³/mol. The van der Waals surface area contributed by atoms with Gasteiger partial charge in [0.15, 0.2) is 0 Å². The number of carbonyl (C=O) groups is 4. The molecule has 3 heterocycles. The Kier molecular flexibility index (Phi) is 10.9. The maximum Gasteiger partial charge on any atom is 0.405 e.